The second kappa shape index (κ2) is 11.4. The van der Waals surface area contributed by atoms with Gasteiger partial charge in [0.25, 0.3) is 5.91 Å². The molecular formula is C23H29N3O6. The number of aliphatic hydroxyl groups is 1. The van der Waals surface area contributed by atoms with Gasteiger partial charge < -0.3 is 34.9 Å². The van der Waals surface area contributed by atoms with Crippen LogP contribution in [0.1, 0.15) is 11.1 Å². The van der Waals surface area contributed by atoms with Gasteiger partial charge in [0.1, 0.15) is 11.5 Å². The first-order valence-electron chi connectivity index (χ1n) is 10.4. The summed E-state index contributed by atoms with van der Waals surface area (Å²) >= 11 is 0. The number of likely N-dealkylation sites (tertiary alicyclic amines) is 1. The maximum atomic E-state index is 12.8. The highest BCUT2D eigenvalue weighted by molar-refractivity contribution is 5.90. The van der Waals surface area contributed by atoms with Crippen molar-refractivity contribution in [1.82, 2.24) is 15.5 Å². The maximum Gasteiger partial charge on any atom is 0.408 e. The minimum atomic E-state index is -0.902. The quantitative estimate of drug-likeness (QED) is 0.355. The van der Waals surface area contributed by atoms with Crippen molar-refractivity contribution in [3.8, 4) is 11.5 Å². The highest BCUT2D eigenvalue weighted by Crippen LogP contribution is 2.31. The van der Waals surface area contributed by atoms with Crippen LogP contribution < -0.4 is 20.1 Å². The second-order valence-corrected chi connectivity index (χ2v) is 7.30. The van der Waals surface area contributed by atoms with Gasteiger partial charge >= 0.3 is 6.09 Å². The lowest BCUT2D eigenvalue weighted by Crippen LogP contribution is -2.68. The van der Waals surface area contributed by atoms with Gasteiger partial charge in [-0.25, -0.2) is 4.79 Å². The third-order valence-corrected chi connectivity index (χ3v) is 5.27. The van der Waals surface area contributed by atoms with E-state index in [-0.39, 0.29) is 18.6 Å². The summed E-state index contributed by atoms with van der Waals surface area (Å²) in [6.07, 6.45) is -1.55. The number of hydrogen-bond acceptors (Lipinski definition) is 7. The Hall–Kier alpha value is -3.30. The van der Waals surface area contributed by atoms with E-state index in [1.165, 1.54) is 0 Å². The zero-order chi connectivity index (χ0) is 22.9. The van der Waals surface area contributed by atoms with Crippen LogP contribution in [-0.2, 0) is 22.6 Å². The van der Waals surface area contributed by atoms with Crippen LogP contribution in [0, 0.1) is 0 Å². The van der Waals surface area contributed by atoms with E-state index in [1.54, 1.807) is 31.3 Å². The molecule has 3 N–H and O–H groups in total. The molecule has 0 aliphatic carbocycles. The lowest BCUT2D eigenvalue weighted by Gasteiger charge is -2.46. The van der Waals surface area contributed by atoms with Gasteiger partial charge in [0, 0.05) is 37.8 Å². The van der Waals surface area contributed by atoms with E-state index in [4.69, 9.17) is 19.3 Å². The van der Waals surface area contributed by atoms with Crippen LogP contribution in [0.2, 0.25) is 0 Å². The van der Waals surface area contributed by atoms with Crippen LogP contribution in [0.4, 0.5) is 4.79 Å². The number of ether oxygens (including phenoxy) is 3. The maximum absolute atomic E-state index is 12.8. The number of nitrogens with one attached hydrogen (secondary N) is 2. The van der Waals surface area contributed by atoms with Gasteiger partial charge in [-0.3, -0.25) is 4.79 Å². The van der Waals surface area contributed by atoms with Crippen LogP contribution in [0.5, 0.6) is 11.5 Å². The molecule has 32 heavy (non-hydrogen) atoms. The highest BCUT2D eigenvalue weighted by Gasteiger charge is 2.49. The van der Waals surface area contributed by atoms with Crippen molar-refractivity contribution in [1.29, 1.82) is 0 Å². The largest absolute Gasteiger partial charge is 0.497 e. The number of methoxy groups -OCH3 is 2. The summed E-state index contributed by atoms with van der Waals surface area (Å²) in [6.45, 7) is 1.32. The Morgan fingerprint density at radius 1 is 1.12 bits per heavy atom. The number of nitrogens with zero attached hydrogens (tertiary/aromatic N) is 1. The molecule has 9 heteroatoms. The lowest BCUT2D eigenvalue weighted by molar-refractivity contribution is -0.167. The third kappa shape index (κ3) is 5.68. The molecule has 0 bridgehead atoms. The van der Waals surface area contributed by atoms with E-state index in [2.05, 4.69) is 10.6 Å². The smallest absolute Gasteiger partial charge is 0.408 e. The van der Waals surface area contributed by atoms with Crippen molar-refractivity contribution >= 4 is 12.0 Å². The van der Waals surface area contributed by atoms with Crippen molar-refractivity contribution in [2.75, 3.05) is 33.9 Å². The zero-order valence-corrected chi connectivity index (χ0v) is 18.2. The highest BCUT2D eigenvalue weighted by atomic mass is 16.6. The topological polar surface area (TPSA) is 109 Å². The van der Waals surface area contributed by atoms with Gasteiger partial charge in [0.05, 0.1) is 26.9 Å². The molecule has 2 aromatic carbocycles. The predicted octanol–water partition coefficient (Wildman–Crippen LogP) is 1.29. The Kier molecular flexibility index (Phi) is 8.29. The Morgan fingerprint density at radius 3 is 2.59 bits per heavy atom. The second-order valence-electron chi connectivity index (χ2n) is 7.30. The first kappa shape index (κ1) is 23.4. The van der Waals surface area contributed by atoms with E-state index < -0.39 is 12.2 Å². The van der Waals surface area contributed by atoms with Gasteiger partial charge in [0.2, 0.25) is 6.10 Å². The summed E-state index contributed by atoms with van der Waals surface area (Å²) in [6, 6.07) is 14.5. The lowest BCUT2D eigenvalue weighted by atomic mass is 9.96. The number of aliphatic hydroxyl groups excluding tert-OH is 1. The molecule has 1 heterocycles. The van der Waals surface area contributed by atoms with Gasteiger partial charge in [-0.05, 0) is 17.7 Å². The van der Waals surface area contributed by atoms with E-state index in [0.29, 0.717) is 37.7 Å². The molecule has 2 aromatic rings. The number of amides is 2. The fourth-order valence-corrected chi connectivity index (χ4v) is 3.54. The van der Waals surface area contributed by atoms with Gasteiger partial charge in [-0.15, -0.1) is 0 Å². The Morgan fingerprint density at radius 2 is 1.91 bits per heavy atom. The van der Waals surface area contributed by atoms with E-state index >= 15 is 0 Å². The number of carbonyl (C=O) groups excluding carboxylic acids is 2. The average molecular weight is 444 g/mol. The third-order valence-electron chi connectivity index (χ3n) is 5.27. The molecule has 0 spiro atoms. The standard InChI is InChI=1S/C23H29N3O6/c1-30-18-9-8-17(20(12-18)31-2)15-26-19(14-24-10-11-27)21(22(26)28)32-23(29)25-13-16-6-4-3-5-7-16/h3-9,12,19,21,24,27H,10-11,13-15H2,1-2H3,(H,25,29)/t19-,21+/m1/s1. The minimum absolute atomic E-state index is 0.0317. The summed E-state index contributed by atoms with van der Waals surface area (Å²) in [4.78, 5) is 26.7. The Bertz CT molecular complexity index is 908. The van der Waals surface area contributed by atoms with Crippen molar-refractivity contribution < 1.29 is 28.9 Å². The molecule has 1 aliphatic rings. The molecule has 172 valence electrons. The molecule has 1 aliphatic heterocycles. The molecule has 3 rings (SSSR count). The van der Waals surface area contributed by atoms with E-state index in [1.807, 2.05) is 36.4 Å². The summed E-state index contributed by atoms with van der Waals surface area (Å²) in [5.41, 5.74) is 1.74. The monoisotopic (exact) mass is 443 g/mol. The summed E-state index contributed by atoms with van der Waals surface area (Å²) in [5, 5.41) is 14.8. The van der Waals surface area contributed by atoms with Crippen molar-refractivity contribution in [3.05, 3.63) is 59.7 Å². The zero-order valence-electron chi connectivity index (χ0n) is 18.2. The van der Waals surface area contributed by atoms with Crippen molar-refractivity contribution in [2.24, 2.45) is 0 Å². The van der Waals surface area contributed by atoms with Gasteiger partial charge in [-0.2, -0.15) is 0 Å². The first-order valence-corrected chi connectivity index (χ1v) is 10.4. The fraction of sp³-hybridized carbons (Fsp3) is 0.391. The summed E-state index contributed by atoms with van der Waals surface area (Å²) in [7, 11) is 3.13. The normalized spacial score (nSPS) is 17.5. The van der Waals surface area contributed by atoms with E-state index in [0.717, 1.165) is 11.1 Å². The van der Waals surface area contributed by atoms with E-state index in [9.17, 15) is 9.59 Å². The van der Waals surface area contributed by atoms with Crippen LogP contribution in [0.25, 0.3) is 0 Å². The first-order chi connectivity index (χ1) is 15.6. The van der Waals surface area contributed by atoms with Crippen LogP contribution in [0.15, 0.2) is 48.5 Å². The summed E-state index contributed by atoms with van der Waals surface area (Å²) < 4.78 is 16.1. The molecule has 0 unspecified atom stereocenters. The molecule has 9 nitrogen and oxygen atoms in total. The summed E-state index contributed by atoms with van der Waals surface area (Å²) in [5.74, 6) is 0.968. The number of β-lactam (4-membered cyclic amide) rings is 1. The number of benzene rings is 2. The van der Waals surface area contributed by atoms with Crippen LogP contribution in [-0.4, -0.2) is 68.1 Å². The fourth-order valence-electron chi connectivity index (χ4n) is 3.54. The average Bonchev–Trinajstić information content (AvgIpc) is 2.83. The molecule has 1 saturated heterocycles. The van der Waals surface area contributed by atoms with Gasteiger partial charge in [-0.1, -0.05) is 30.3 Å². The molecular weight excluding hydrogens is 414 g/mol. The predicted molar refractivity (Wildman–Crippen MR) is 117 cm³/mol. The van der Waals surface area contributed by atoms with Gasteiger partial charge in [0.15, 0.2) is 0 Å². The van der Waals surface area contributed by atoms with Crippen molar-refractivity contribution in [2.45, 2.75) is 25.2 Å². The number of hydrogen-bond donors (Lipinski definition) is 3. The Balaban J connectivity index is 1.64. The number of carbonyl (C=O) groups is 2. The van der Waals surface area contributed by atoms with Crippen molar-refractivity contribution in [3.63, 3.8) is 0 Å². The number of alkyl carbamates (subject to hydrolysis) is 1. The molecule has 2 amide bonds. The molecule has 1 fully saturated rings. The SMILES string of the molecule is COc1ccc(CN2C(=O)[C@@H](OC(=O)NCc3ccccc3)[C@H]2CNCCO)c(OC)c1. The number of rotatable bonds is 11. The molecule has 0 aromatic heterocycles. The minimum Gasteiger partial charge on any atom is -0.497 e. The molecule has 0 radical (unpaired) electrons. The Labute approximate surface area is 187 Å². The van der Waals surface area contributed by atoms with Crippen LogP contribution >= 0.6 is 0 Å². The molecule has 2 atom stereocenters. The van der Waals surface area contributed by atoms with Crippen LogP contribution in [0.3, 0.4) is 0 Å². The molecule has 0 saturated carbocycles.